The van der Waals surface area contributed by atoms with Crippen molar-refractivity contribution < 1.29 is 43.4 Å². The minimum absolute atomic E-state index is 0. The zero-order valence-corrected chi connectivity index (χ0v) is 8.55. The third-order valence-corrected chi connectivity index (χ3v) is 1.31. The number of hydrogen-bond donors (Lipinski definition) is 4. The largest absolute Gasteiger partial charge is 0 e. The molecule has 48 valence electrons. The molecule has 5 nitrogen and oxygen atoms in total. The molecule has 0 aliphatic carbocycles. The summed E-state index contributed by atoms with van der Waals surface area (Å²) in [7, 11) is -5.22. The van der Waals surface area contributed by atoms with Crippen LogP contribution in [-0.2, 0) is 23.8 Å². The molecule has 9 heavy (non-hydrogen) atoms. The Balaban J connectivity index is -0.000000180. The van der Waals surface area contributed by atoms with E-state index in [4.69, 9.17) is 19.6 Å². The van der Waals surface area contributed by atoms with E-state index in [9.17, 15) is 0 Å². The van der Waals surface area contributed by atoms with Gasteiger partial charge in [-0.3, -0.25) is 0 Å². The zero-order chi connectivity index (χ0) is 5.86. The molecule has 0 aromatic heterocycles. The van der Waals surface area contributed by atoms with Crippen LogP contribution >= 0.6 is 17.2 Å². The average Bonchev–Trinajstić information content (AvgIpc) is 1.27. The summed E-state index contributed by atoms with van der Waals surface area (Å²) in [5, 5.41) is 0. The van der Waals surface area contributed by atoms with E-state index in [-0.39, 0.29) is 70.9 Å². The SMILES string of the molecule is OP(O)OP(O)O.[KH].[Zn]. The van der Waals surface area contributed by atoms with Gasteiger partial charge in [0, 0.05) is 19.5 Å². The fourth-order valence-electron chi connectivity index (χ4n) is 0.0653. The Morgan fingerprint density at radius 3 is 1.11 bits per heavy atom. The van der Waals surface area contributed by atoms with Crippen LogP contribution in [-0.4, -0.2) is 71.0 Å². The second-order valence-electron chi connectivity index (χ2n) is 0.587. The standard InChI is InChI=1S/K.H4O5P2.Zn.H/c;1-6(2)5-7(3)4;;/h;1-4H;;. The van der Waals surface area contributed by atoms with Crippen LogP contribution < -0.4 is 0 Å². The van der Waals surface area contributed by atoms with Crippen molar-refractivity contribution >= 4 is 68.6 Å². The topological polar surface area (TPSA) is 90.2 Å². The molecule has 0 heterocycles. The Kier molecular flexibility index (Phi) is 21.7. The first-order valence-corrected chi connectivity index (χ1v) is 3.50. The maximum Gasteiger partial charge on any atom is 0 e. The second-order valence-corrected chi connectivity index (χ2v) is 2.25. The maximum atomic E-state index is 7.82. The van der Waals surface area contributed by atoms with Crippen molar-refractivity contribution in [3.8, 4) is 0 Å². The molecule has 0 bridgehead atoms. The summed E-state index contributed by atoms with van der Waals surface area (Å²) in [4.78, 5) is 31.3. The molecule has 0 aliphatic rings. The fraction of sp³-hybridized carbons (Fsp3) is 0. The van der Waals surface area contributed by atoms with Crippen LogP contribution in [0.2, 0.25) is 0 Å². The average molecular weight is 251 g/mol. The Labute approximate surface area is 110 Å². The van der Waals surface area contributed by atoms with Crippen molar-refractivity contribution in [2.45, 2.75) is 0 Å². The van der Waals surface area contributed by atoms with Crippen LogP contribution in [0.15, 0.2) is 0 Å². The summed E-state index contributed by atoms with van der Waals surface area (Å²) < 4.78 is 3.60. The van der Waals surface area contributed by atoms with Crippen molar-refractivity contribution in [1.82, 2.24) is 0 Å². The molecule has 0 rings (SSSR count). The van der Waals surface area contributed by atoms with E-state index in [1.54, 1.807) is 0 Å². The molecule has 9 heteroatoms. The minimum Gasteiger partial charge on any atom is 0 e. The summed E-state index contributed by atoms with van der Waals surface area (Å²) >= 11 is 0. The minimum atomic E-state index is -2.61. The van der Waals surface area contributed by atoms with Gasteiger partial charge >= 0.3 is 68.6 Å². The van der Waals surface area contributed by atoms with Crippen molar-refractivity contribution in [2.24, 2.45) is 0 Å². The van der Waals surface area contributed by atoms with Gasteiger partial charge < -0.3 is 19.6 Å². The van der Waals surface area contributed by atoms with Gasteiger partial charge in [-0.25, -0.2) is 4.31 Å². The molecule has 0 aromatic carbocycles. The Hall–Kier alpha value is 2.92. The molecule has 0 aliphatic heterocycles. The fourth-order valence-corrected chi connectivity index (χ4v) is 0.588. The molecule has 0 radical (unpaired) electrons. The Morgan fingerprint density at radius 1 is 0.889 bits per heavy atom. The molecule has 0 amide bonds. The van der Waals surface area contributed by atoms with E-state index in [0.717, 1.165) is 0 Å². The quantitative estimate of drug-likeness (QED) is 0.365. The van der Waals surface area contributed by atoms with Gasteiger partial charge in [-0.05, 0) is 0 Å². The van der Waals surface area contributed by atoms with Crippen LogP contribution in [0.1, 0.15) is 0 Å². The van der Waals surface area contributed by atoms with Crippen molar-refractivity contribution in [1.29, 1.82) is 0 Å². The van der Waals surface area contributed by atoms with Gasteiger partial charge in [0.2, 0.25) is 0 Å². The van der Waals surface area contributed by atoms with Crippen molar-refractivity contribution in [2.75, 3.05) is 0 Å². The summed E-state index contributed by atoms with van der Waals surface area (Å²) in [5.74, 6) is 0. The second kappa shape index (κ2) is 10.9. The van der Waals surface area contributed by atoms with Crippen LogP contribution in [0.3, 0.4) is 0 Å². The van der Waals surface area contributed by atoms with Crippen LogP contribution in [0.4, 0.5) is 0 Å². The summed E-state index contributed by atoms with van der Waals surface area (Å²) in [6.45, 7) is 0. The van der Waals surface area contributed by atoms with Crippen molar-refractivity contribution in [3.63, 3.8) is 0 Å². The van der Waals surface area contributed by atoms with E-state index in [0.29, 0.717) is 0 Å². The van der Waals surface area contributed by atoms with Gasteiger partial charge in [0.1, 0.15) is 0 Å². The van der Waals surface area contributed by atoms with E-state index in [1.807, 2.05) is 0 Å². The third-order valence-electron chi connectivity index (χ3n) is 0.146. The molecule has 0 saturated carbocycles. The molecule has 0 unspecified atom stereocenters. The van der Waals surface area contributed by atoms with Crippen LogP contribution in [0.25, 0.3) is 0 Å². The molecule has 4 N–H and O–H groups in total. The molecule has 0 fully saturated rings. The van der Waals surface area contributed by atoms with E-state index in [1.165, 1.54) is 0 Å². The first kappa shape index (κ1) is 17.9. The van der Waals surface area contributed by atoms with Crippen LogP contribution in [0.5, 0.6) is 0 Å². The summed E-state index contributed by atoms with van der Waals surface area (Å²) in [5.41, 5.74) is 0. The van der Waals surface area contributed by atoms with Gasteiger partial charge in [0.15, 0.2) is 0 Å². The summed E-state index contributed by atoms with van der Waals surface area (Å²) in [6, 6.07) is 0. The molecule has 0 saturated heterocycles. The number of rotatable bonds is 2. The monoisotopic (exact) mass is 250 g/mol. The van der Waals surface area contributed by atoms with Gasteiger partial charge in [-0.2, -0.15) is 0 Å². The molecular weight excluding hydrogens is 246 g/mol. The van der Waals surface area contributed by atoms with E-state index in [2.05, 4.69) is 4.31 Å². The maximum absolute atomic E-state index is 7.82. The zero-order valence-electron chi connectivity index (χ0n) is 3.80. The predicted molar refractivity (Wildman–Crippen MR) is 30.9 cm³/mol. The van der Waals surface area contributed by atoms with Gasteiger partial charge in [-0.15, -0.1) is 0 Å². The predicted octanol–water partition coefficient (Wildman–Crippen LogP) is -1.23. The molecule has 0 atom stereocenters. The Morgan fingerprint density at radius 2 is 1.11 bits per heavy atom. The van der Waals surface area contributed by atoms with Crippen LogP contribution in [0, 0.1) is 0 Å². The number of hydrogen-bond acceptors (Lipinski definition) is 5. The van der Waals surface area contributed by atoms with E-state index < -0.39 is 17.2 Å². The summed E-state index contributed by atoms with van der Waals surface area (Å²) in [6.07, 6.45) is 0. The Bertz CT molecular complexity index is 44.2. The van der Waals surface area contributed by atoms with Gasteiger partial charge in [0.05, 0.1) is 0 Å². The molecule has 0 spiro atoms. The smallest absolute Gasteiger partial charge is 0 e. The first-order valence-electron chi connectivity index (χ1n) is 1.17. The normalized spacial score (nSPS) is 8.67. The van der Waals surface area contributed by atoms with Crippen molar-refractivity contribution in [3.05, 3.63) is 0 Å². The van der Waals surface area contributed by atoms with E-state index >= 15 is 0 Å². The van der Waals surface area contributed by atoms with Gasteiger partial charge in [0.25, 0.3) is 0 Å². The molecule has 0 aromatic rings. The van der Waals surface area contributed by atoms with Gasteiger partial charge in [-0.1, -0.05) is 0 Å². The first-order chi connectivity index (χ1) is 3.13. The third kappa shape index (κ3) is 18.1. The molecular formula is H5KO5P2Zn.